The molecule has 1 unspecified atom stereocenters. The fourth-order valence-electron chi connectivity index (χ4n) is 4.14. The van der Waals surface area contributed by atoms with E-state index in [4.69, 9.17) is 22.1 Å². The van der Waals surface area contributed by atoms with Gasteiger partial charge in [0.25, 0.3) is 5.91 Å². The highest BCUT2D eigenvalue weighted by Gasteiger charge is 2.55. The molecule has 1 amide bonds. The van der Waals surface area contributed by atoms with E-state index in [1.165, 1.54) is 25.2 Å². The van der Waals surface area contributed by atoms with Gasteiger partial charge in [-0.15, -0.1) is 13.2 Å². The molecule has 3 aromatic rings. The van der Waals surface area contributed by atoms with Gasteiger partial charge >= 0.3 is 6.36 Å². The number of carbonyl (C=O) groups is 1. The normalized spacial score (nSPS) is 18.9. The number of aliphatic imine (C=N–C) groups is 1. The van der Waals surface area contributed by atoms with E-state index in [1.807, 2.05) is 0 Å². The number of ether oxygens (including phenoxy) is 2. The van der Waals surface area contributed by atoms with Crippen LogP contribution in [0.15, 0.2) is 59.6 Å². The van der Waals surface area contributed by atoms with Crippen molar-refractivity contribution in [3.05, 3.63) is 76.6 Å². The van der Waals surface area contributed by atoms with E-state index < -0.39 is 29.4 Å². The Morgan fingerprint density at radius 1 is 1.03 bits per heavy atom. The van der Waals surface area contributed by atoms with Gasteiger partial charge in [-0.1, -0.05) is 17.7 Å². The number of fused-ring (bicyclic) bond motifs is 4. The molecule has 6 nitrogen and oxygen atoms in total. The molecule has 0 radical (unpaired) electrons. The van der Waals surface area contributed by atoms with Gasteiger partial charge in [-0.25, -0.2) is 9.38 Å². The Kier molecular flexibility index (Phi) is 4.77. The molecule has 2 aliphatic rings. The number of hydrogen-bond acceptors (Lipinski definition) is 5. The van der Waals surface area contributed by atoms with Crippen LogP contribution in [0.1, 0.15) is 11.1 Å². The number of hydrogen-bond donors (Lipinski definition) is 1. The molecule has 3 aromatic carbocycles. The van der Waals surface area contributed by atoms with Gasteiger partial charge in [0, 0.05) is 23.2 Å². The fraction of sp³-hybridized carbons (Fsp3) is 0.130. The molecular weight excluding hydrogens is 478 g/mol. The van der Waals surface area contributed by atoms with Crippen molar-refractivity contribution in [1.82, 2.24) is 4.90 Å². The first-order valence-corrected chi connectivity index (χ1v) is 10.2. The molecule has 0 bridgehead atoms. The maximum absolute atomic E-state index is 14.0. The number of halogens is 5. The number of benzene rings is 3. The topological polar surface area (TPSA) is 77.2 Å². The second-order valence-corrected chi connectivity index (χ2v) is 8.16. The lowest BCUT2D eigenvalue weighted by Gasteiger charge is -2.34. The van der Waals surface area contributed by atoms with Crippen LogP contribution in [-0.2, 0) is 10.3 Å². The first-order valence-electron chi connectivity index (χ1n) is 9.80. The van der Waals surface area contributed by atoms with Crippen LogP contribution in [0.5, 0.6) is 17.2 Å². The van der Waals surface area contributed by atoms with Crippen LogP contribution in [0, 0.1) is 5.82 Å². The maximum Gasteiger partial charge on any atom is 0.573 e. The van der Waals surface area contributed by atoms with Crippen molar-refractivity contribution in [1.29, 1.82) is 0 Å². The Morgan fingerprint density at radius 2 is 1.71 bits per heavy atom. The van der Waals surface area contributed by atoms with Crippen molar-refractivity contribution >= 4 is 23.5 Å². The van der Waals surface area contributed by atoms with Crippen LogP contribution in [0.25, 0.3) is 11.1 Å². The number of likely N-dealkylation sites (N-methyl/N-ethyl adjacent to an activating group) is 1. The van der Waals surface area contributed by atoms with Crippen molar-refractivity contribution in [3.8, 4) is 28.4 Å². The maximum atomic E-state index is 14.0. The van der Waals surface area contributed by atoms with E-state index in [0.717, 1.165) is 23.1 Å². The SMILES string of the molecule is CN1C(=O)C2(N=C1N)c1cc(OC(F)(F)F)ccc1Oc1ccc(-c3cc(F)cc(Cl)c3)cc12. The van der Waals surface area contributed by atoms with E-state index in [0.29, 0.717) is 11.1 Å². The molecule has 1 spiro atoms. The van der Waals surface area contributed by atoms with Gasteiger partial charge in [0.15, 0.2) is 5.96 Å². The van der Waals surface area contributed by atoms with E-state index >= 15 is 0 Å². The molecule has 1 atom stereocenters. The van der Waals surface area contributed by atoms with E-state index in [2.05, 4.69) is 9.73 Å². The molecule has 2 N–H and O–H groups in total. The zero-order valence-corrected chi connectivity index (χ0v) is 18.0. The third-order valence-electron chi connectivity index (χ3n) is 5.60. The lowest BCUT2D eigenvalue weighted by atomic mass is 9.79. The summed E-state index contributed by atoms with van der Waals surface area (Å²) in [6, 6.07) is 12.1. The Balaban J connectivity index is 1.75. The molecule has 2 aliphatic heterocycles. The number of nitrogens with zero attached hydrogens (tertiary/aromatic N) is 2. The molecule has 0 saturated carbocycles. The third kappa shape index (κ3) is 3.41. The molecule has 174 valence electrons. The van der Waals surface area contributed by atoms with Crippen molar-refractivity contribution in [3.63, 3.8) is 0 Å². The molecule has 0 aromatic heterocycles. The van der Waals surface area contributed by atoms with E-state index in [-0.39, 0.29) is 33.6 Å². The molecule has 0 fully saturated rings. The Morgan fingerprint density at radius 3 is 2.32 bits per heavy atom. The Labute approximate surface area is 195 Å². The number of amides is 1. The third-order valence-corrected chi connectivity index (χ3v) is 5.82. The molecule has 5 rings (SSSR count). The number of nitrogens with two attached hydrogens (primary N) is 1. The summed E-state index contributed by atoms with van der Waals surface area (Å²) < 4.78 is 62.5. The molecule has 34 heavy (non-hydrogen) atoms. The lowest BCUT2D eigenvalue weighted by Crippen LogP contribution is -2.42. The van der Waals surface area contributed by atoms with Crippen LogP contribution in [0.2, 0.25) is 5.02 Å². The Hall–Kier alpha value is -3.79. The van der Waals surface area contributed by atoms with Gasteiger partial charge < -0.3 is 15.2 Å². The summed E-state index contributed by atoms with van der Waals surface area (Å²) in [5.74, 6) is -1.50. The average molecular weight is 492 g/mol. The molecular formula is C23H14ClF4N3O3. The average Bonchev–Trinajstić information content (AvgIpc) is 2.97. The smallest absolute Gasteiger partial charge is 0.457 e. The minimum Gasteiger partial charge on any atom is -0.457 e. The largest absolute Gasteiger partial charge is 0.573 e. The summed E-state index contributed by atoms with van der Waals surface area (Å²) in [6.07, 6.45) is -4.95. The summed E-state index contributed by atoms with van der Waals surface area (Å²) in [7, 11) is 1.40. The quantitative estimate of drug-likeness (QED) is 0.501. The van der Waals surface area contributed by atoms with Crippen molar-refractivity contribution in [2.45, 2.75) is 11.9 Å². The predicted octanol–water partition coefficient (Wildman–Crippen LogP) is 5.18. The van der Waals surface area contributed by atoms with Gasteiger partial charge in [0.1, 0.15) is 23.1 Å². The zero-order valence-electron chi connectivity index (χ0n) is 17.3. The first kappa shape index (κ1) is 22.0. The predicted molar refractivity (Wildman–Crippen MR) is 115 cm³/mol. The van der Waals surface area contributed by atoms with Crippen molar-refractivity contribution < 1.29 is 31.8 Å². The van der Waals surface area contributed by atoms with Gasteiger partial charge in [0.05, 0.1) is 0 Å². The highest BCUT2D eigenvalue weighted by molar-refractivity contribution is 6.30. The van der Waals surface area contributed by atoms with Crippen LogP contribution < -0.4 is 15.2 Å². The molecule has 0 aliphatic carbocycles. The van der Waals surface area contributed by atoms with Gasteiger partial charge in [0.2, 0.25) is 5.54 Å². The van der Waals surface area contributed by atoms with Crippen LogP contribution in [0.3, 0.4) is 0 Å². The summed E-state index contributed by atoms with van der Waals surface area (Å²) in [5.41, 5.74) is 5.26. The van der Waals surface area contributed by atoms with E-state index in [1.54, 1.807) is 18.2 Å². The molecule has 2 heterocycles. The van der Waals surface area contributed by atoms with Crippen LogP contribution in [-0.4, -0.2) is 30.2 Å². The lowest BCUT2D eigenvalue weighted by molar-refractivity contribution is -0.274. The van der Waals surface area contributed by atoms with Crippen LogP contribution in [0.4, 0.5) is 17.6 Å². The second-order valence-electron chi connectivity index (χ2n) is 7.72. The standard InChI is InChI=1S/C23H14ClF4N3O3/c1-31-20(32)22(30-21(31)29)16-8-11(12-6-13(24)9-14(25)7-12)2-4-18(16)33-19-5-3-15(10-17(19)22)34-23(26,27)28/h2-10H,1H3,(H2,29,30). The first-order chi connectivity index (χ1) is 16.0. The summed E-state index contributed by atoms with van der Waals surface area (Å²) in [6.45, 7) is 0. The van der Waals surface area contributed by atoms with Crippen molar-refractivity contribution in [2.75, 3.05) is 7.05 Å². The number of carbonyl (C=O) groups excluding carboxylic acids is 1. The Bertz CT molecular complexity index is 1370. The number of alkyl halides is 3. The van der Waals surface area contributed by atoms with E-state index in [9.17, 15) is 22.4 Å². The molecule has 11 heteroatoms. The van der Waals surface area contributed by atoms with Gasteiger partial charge in [-0.05, 0) is 59.7 Å². The minimum atomic E-state index is -4.95. The molecule has 0 saturated heterocycles. The number of rotatable bonds is 2. The van der Waals surface area contributed by atoms with Crippen molar-refractivity contribution in [2.24, 2.45) is 10.7 Å². The highest BCUT2D eigenvalue weighted by atomic mass is 35.5. The summed E-state index contributed by atoms with van der Waals surface area (Å²) in [4.78, 5) is 19.0. The number of guanidine groups is 1. The fourth-order valence-corrected chi connectivity index (χ4v) is 4.36. The monoisotopic (exact) mass is 491 g/mol. The zero-order chi connectivity index (χ0) is 24.4. The van der Waals surface area contributed by atoms with Gasteiger partial charge in [-0.3, -0.25) is 9.69 Å². The van der Waals surface area contributed by atoms with Crippen LogP contribution >= 0.6 is 11.6 Å². The highest BCUT2D eigenvalue weighted by Crippen LogP contribution is 2.53. The second kappa shape index (κ2) is 7.36. The summed E-state index contributed by atoms with van der Waals surface area (Å²) >= 11 is 5.99. The minimum absolute atomic E-state index is 0.0217. The summed E-state index contributed by atoms with van der Waals surface area (Å²) in [5, 5.41) is 0.164. The van der Waals surface area contributed by atoms with Gasteiger partial charge in [-0.2, -0.15) is 0 Å².